The van der Waals surface area contributed by atoms with Crippen LogP contribution in [0.25, 0.3) is 11.2 Å². The minimum absolute atomic E-state index is 0.0428. The molecule has 8 nitrogen and oxygen atoms in total. The molecule has 2 saturated heterocycles. The molecule has 2 N–H and O–H groups in total. The van der Waals surface area contributed by atoms with Crippen LogP contribution >= 0.6 is 0 Å². The molecule has 2 fully saturated rings. The van der Waals surface area contributed by atoms with Gasteiger partial charge in [0, 0.05) is 25.7 Å². The van der Waals surface area contributed by atoms with Gasteiger partial charge in [-0.1, -0.05) is 6.42 Å². The first-order chi connectivity index (χ1) is 11.7. The average molecular weight is 329 g/mol. The number of nitrogens with zero attached hydrogens (tertiary/aromatic N) is 5. The van der Waals surface area contributed by atoms with Gasteiger partial charge in [0.05, 0.1) is 12.9 Å². The largest absolute Gasteiger partial charge is 0.350 e. The smallest absolute Gasteiger partial charge is 0.239 e. The predicted octanol–water partition coefficient (Wildman–Crippen LogP) is 0.532. The number of amides is 1. The first-order valence-electron chi connectivity index (χ1n) is 8.61. The first kappa shape index (κ1) is 15.3. The number of anilines is 1. The maximum absolute atomic E-state index is 12.5. The minimum atomic E-state index is 0.0428. The Morgan fingerprint density at radius 1 is 1.33 bits per heavy atom. The van der Waals surface area contributed by atoms with Crippen LogP contribution in [0.1, 0.15) is 25.7 Å². The normalized spacial score (nSPS) is 24.0. The van der Waals surface area contributed by atoms with E-state index in [9.17, 15) is 4.79 Å². The lowest BCUT2D eigenvalue weighted by Crippen LogP contribution is -2.49. The van der Waals surface area contributed by atoms with Gasteiger partial charge in [0.1, 0.15) is 11.8 Å². The van der Waals surface area contributed by atoms with Crippen molar-refractivity contribution < 1.29 is 4.79 Å². The van der Waals surface area contributed by atoms with Crippen LogP contribution in [-0.2, 0) is 4.79 Å². The quantitative estimate of drug-likeness (QED) is 0.850. The van der Waals surface area contributed by atoms with Crippen molar-refractivity contribution in [1.82, 2.24) is 30.2 Å². The number of H-pyrrole nitrogens is 1. The highest BCUT2D eigenvalue weighted by atomic mass is 16.2. The van der Waals surface area contributed by atoms with Crippen molar-refractivity contribution in [3.63, 3.8) is 0 Å². The van der Waals surface area contributed by atoms with Crippen molar-refractivity contribution in [2.45, 2.75) is 37.8 Å². The second-order valence-corrected chi connectivity index (χ2v) is 6.72. The first-order valence-corrected chi connectivity index (χ1v) is 8.61. The van der Waals surface area contributed by atoms with E-state index in [4.69, 9.17) is 0 Å². The number of likely N-dealkylation sites (N-methyl/N-ethyl adjacent to an activating group) is 1. The van der Waals surface area contributed by atoms with Gasteiger partial charge < -0.3 is 15.2 Å². The Labute approximate surface area is 140 Å². The van der Waals surface area contributed by atoms with Crippen molar-refractivity contribution in [3.05, 3.63) is 12.7 Å². The van der Waals surface area contributed by atoms with E-state index in [1.54, 1.807) is 6.33 Å². The SMILES string of the molecule is CN(CC(=O)NC1CCN2CCCCC12)c1ncnc2nc[nH]c12. The molecule has 1 amide bonds. The Balaban J connectivity index is 1.40. The molecule has 0 spiro atoms. The average Bonchev–Trinajstić information content (AvgIpc) is 3.21. The third-order valence-electron chi connectivity index (χ3n) is 5.15. The van der Waals surface area contributed by atoms with Crippen LogP contribution in [0.2, 0.25) is 0 Å². The number of carbonyl (C=O) groups excluding carboxylic acids is 1. The Bertz CT molecular complexity index is 730. The summed E-state index contributed by atoms with van der Waals surface area (Å²) < 4.78 is 0. The molecule has 2 aromatic rings. The second-order valence-electron chi connectivity index (χ2n) is 6.72. The molecule has 8 heteroatoms. The summed E-state index contributed by atoms with van der Waals surface area (Å²) in [4.78, 5) is 32.4. The fourth-order valence-electron chi connectivity index (χ4n) is 4.00. The Morgan fingerprint density at radius 2 is 2.25 bits per heavy atom. The van der Waals surface area contributed by atoms with Gasteiger partial charge in [0.2, 0.25) is 5.91 Å². The molecule has 0 aromatic carbocycles. The topological polar surface area (TPSA) is 90.0 Å². The molecule has 24 heavy (non-hydrogen) atoms. The highest BCUT2D eigenvalue weighted by Crippen LogP contribution is 2.27. The number of piperidine rings is 1. The molecule has 2 aliphatic heterocycles. The Morgan fingerprint density at radius 3 is 3.17 bits per heavy atom. The number of imidazole rings is 1. The molecular formula is C16H23N7O. The van der Waals surface area contributed by atoms with E-state index in [0.29, 0.717) is 17.5 Å². The van der Waals surface area contributed by atoms with E-state index in [2.05, 4.69) is 30.2 Å². The van der Waals surface area contributed by atoms with Gasteiger partial charge >= 0.3 is 0 Å². The third-order valence-corrected chi connectivity index (χ3v) is 5.15. The van der Waals surface area contributed by atoms with Crippen molar-refractivity contribution in [2.24, 2.45) is 0 Å². The summed E-state index contributed by atoms with van der Waals surface area (Å²) in [5.74, 6) is 0.736. The number of hydrogen-bond acceptors (Lipinski definition) is 6. The van der Waals surface area contributed by atoms with Crippen LogP contribution in [0.4, 0.5) is 5.82 Å². The van der Waals surface area contributed by atoms with Crippen LogP contribution < -0.4 is 10.2 Å². The summed E-state index contributed by atoms with van der Waals surface area (Å²) in [6, 6.07) is 0.801. The number of rotatable bonds is 4. The maximum atomic E-state index is 12.5. The molecule has 2 atom stereocenters. The second kappa shape index (κ2) is 6.35. The number of fused-ring (bicyclic) bond motifs is 2. The van der Waals surface area contributed by atoms with Crippen molar-refractivity contribution in [2.75, 3.05) is 31.6 Å². The van der Waals surface area contributed by atoms with E-state index < -0.39 is 0 Å². The predicted molar refractivity (Wildman–Crippen MR) is 90.7 cm³/mol. The molecule has 4 rings (SSSR count). The molecule has 2 aromatic heterocycles. The van der Waals surface area contributed by atoms with Gasteiger partial charge in [-0.15, -0.1) is 0 Å². The molecule has 0 saturated carbocycles. The van der Waals surface area contributed by atoms with Crippen molar-refractivity contribution in [1.29, 1.82) is 0 Å². The van der Waals surface area contributed by atoms with Crippen molar-refractivity contribution >= 4 is 22.9 Å². The van der Waals surface area contributed by atoms with Crippen molar-refractivity contribution in [3.8, 4) is 0 Å². The minimum Gasteiger partial charge on any atom is -0.350 e. The van der Waals surface area contributed by atoms with E-state index in [-0.39, 0.29) is 18.5 Å². The summed E-state index contributed by atoms with van der Waals surface area (Å²) >= 11 is 0. The fourth-order valence-corrected chi connectivity index (χ4v) is 4.00. The van der Waals surface area contributed by atoms with E-state index in [0.717, 1.165) is 18.5 Å². The van der Waals surface area contributed by atoms with Gasteiger partial charge in [-0.2, -0.15) is 0 Å². The number of nitrogens with one attached hydrogen (secondary N) is 2. The summed E-state index contributed by atoms with van der Waals surface area (Å²) in [6.07, 6.45) is 7.87. The molecule has 128 valence electrons. The standard InChI is InChI=1S/C16H23N7O/c1-22(16-14-15(18-9-17-14)19-10-20-16)8-13(24)21-11-5-7-23-6-3-2-4-12(11)23/h9-12H,2-8H2,1H3,(H,21,24)(H,17,18,19,20). The highest BCUT2D eigenvalue weighted by Gasteiger charge is 2.36. The van der Waals surface area contributed by atoms with Crippen LogP contribution in [-0.4, -0.2) is 69.5 Å². The highest BCUT2D eigenvalue weighted by molar-refractivity contribution is 5.87. The summed E-state index contributed by atoms with van der Waals surface area (Å²) in [6.45, 7) is 2.55. The van der Waals surface area contributed by atoms with Crippen LogP contribution in [0, 0.1) is 0 Å². The molecular weight excluding hydrogens is 306 g/mol. The molecule has 0 radical (unpaired) electrons. The summed E-state index contributed by atoms with van der Waals surface area (Å²) in [7, 11) is 1.86. The van der Waals surface area contributed by atoms with Gasteiger partial charge in [-0.25, -0.2) is 15.0 Å². The van der Waals surface area contributed by atoms with E-state index in [1.165, 1.54) is 32.1 Å². The van der Waals surface area contributed by atoms with Gasteiger partial charge in [0.15, 0.2) is 11.5 Å². The monoisotopic (exact) mass is 329 g/mol. The van der Waals surface area contributed by atoms with Crippen LogP contribution in [0.5, 0.6) is 0 Å². The lowest BCUT2D eigenvalue weighted by atomic mass is 9.99. The number of carbonyl (C=O) groups is 1. The zero-order chi connectivity index (χ0) is 16.5. The molecule has 0 bridgehead atoms. The lowest BCUT2D eigenvalue weighted by molar-refractivity contribution is -0.120. The van der Waals surface area contributed by atoms with E-state index in [1.807, 2.05) is 11.9 Å². The Kier molecular flexibility index (Phi) is 4.05. The Hall–Kier alpha value is -2.22. The van der Waals surface area contributed by atoms with Gasteiger partial charge in [0.25, 0.3) is 0 Å². The van der Waals surface area contributed by atoms with Gasteiger partial charge in [-0.05, 0) is 25.8 Å². The molecule has 2 unspecified atom stereocenters. The maximum Gasteiger partial charge on any atom is 0.239 e. The summed E-state index contributed by atoms with van der Waals surface area (Å²) in [5, 5.41) is 3.23. The lowest BCUT2D eigenvalue weighted by Gasteiger charge is -2.32. The third kappa shape index (κ3) is 2.82. The van der Waals surface area contributed by atoms with Crippen LogP contribution in [0.15, 0.2) is 12.7 Å². The van der Waals surface area contributed by atoms with Crippen LogP contribution in [0.3, 0.4) is 0 Å². The fraction of sp³-hybridized carbons (Fsp3) is 0.625. The number of hydrogen-bond donors (Lipinski definition) is 2. The zero-order valence-corrected chi connectivity index (χ0v) is 13.9. The van der Waals surface area contributed by atoms with Gasteiger partial charge in [-0.3, -0.25) is 9.69 Å². The molecule has 4 heterocycles. The number of aromatic amines is 1. The summed E-state index contributed by atoms with van der Waals surface area (Å²) in [5.41, 5.74) is 1.37. The molecule has 2 aliphatic rings. The van der Waals surface area contributed by atoms with E-state index >= 15 is 0 Å². The molecule has 0 aliphatic carbocycles. The zero-order valence-electron chi connectivity index (χ0n) is 13.9. The number of aromatic nitrogens is 4.